The van der Waals surface area contributed by atoms with Crippen LogP contribution in [0.5, 0.6) is 5.75 Å². The molecule has 4 heteroatoms. The molecule has 0 aromatic heterocycles. The third-order valence-corrected chi connectivity index (χ3v) is 3.92. The number of hydrogen-bond acceptors (Lipinski definition) is 4. The molecule has 4 nitrogen and oxygen atoms in total. The molecule has 1 fully saturated rings. The average Bonchev–Trinajstić information content (AvgIpc) is 2.43. The van der Waals surface area contributed by atoms with E-state index in [0.717, 1.165) is 29.7 Å². The van der Waals surface area contributed by atoms with Gasteiger partial charge in [0.15, 0.2) is 0 Å². The molecule has 0 bridgehead atoms. The number of ether oxygens (including phenoxy) is 3. The minimum atomic E-state index is -0.488. The SMILES string of the molecule is COc1ccc(C(C)O)cc1COC1CC(C)OC(C)C1. The van der Waals surface area contributed by atoms with Crippen molar-refractivity contribution >= 4 is 0 Å². The Kier molecular flexibility index (Phi) is 5.62. The van der Waals surface area contributed by atoms with E-state index in [1.807, 2.05) is 18.2 Å². The molecule has 2 rings (SSSR count). The summed E-state index contributed by atoms with van der Waals surface area (Å²) in [6.07, 6.45) is 2.04. The van der Waals surface area contributed by atoms with E-state index in [-0.39, 0.29) is 18.3 Å². The molecule has 21 heavy (non-hydrogen) atoms. The van der Waals surface area contributed by atoms with Gasteiger partial charge in [-0.1, -0.05) is 6.07 Å². The molecule has 0 spiro atoms. The van der Waals surface area contributed by atoms with E-state index in [0.29, 0.717) is 6.61 Å². The maximum Gasteiger partial charge on any atom is 0.124 e. The van der Waals surface area contributed by atoms with Crippen LogP contribution < -0.4 is 4.74 Å². The van der Waals surface area contributed by atoms with Crippen molar-refractivity contribution in [3.05, 3.63) is 29.3 Å². The van der Waals surface area contributed by atoms with Gasteiger partial charge < -0.3 is 19.3 Å². The summed E-state index contributed by atoms with van der Waals surface area (Å²) in [5.41, 5.74) is 1.85. The van der Waals surface area contributed by atoms with Crippen molar-refractivity contribution in [2.24, 2.45) is 0 Å². The fraction of sp³-hybridized carbons (Fsp3) is 0.647. The second kappa shape index (κ2) is 7.25. The van der Waals surface area contributed by atoms with E-state index in [2.05, 4.69) is 13.8 Å². The van der Waals surface area contributed by atoms with Gasteiger partial charge in [-0.05, 0) is 51.3 Å². The van der Waals surface area contributed by atoms with Crippen molar-refractivity contribution in [1.29, 1.82) is 0 Å². The van der Waals surface area contributed by atoms with Gasteiger partial charge in [-0.2, -0.15) is 0 Å². The minimum Gasteiger partial charge on any atom is -0.496 e. The maximum atomic E-state index is 9.70. The molecule has 1 aliphatic rings. The Balaban J connectivity index is 2.02. The summed E-state index contributed by atoms with van der Waals surface area (Å²) >= 11 is 0. The number of benzene rings is 1. The Morgan fingerprint density at radius 1 is 1.29 bits per heavy atom. The van der Waals surface area contributed by atoms with Gasteiger partial charge in [0.05, 0.1) is 38.1 Å². The summed E-state index contributed by atoms with van der Waals surface area (Å²) in [6, 6.07) is 5.72. The second-order valence-corrected chi connectivity index (χ2v) is 5.91. The van der Waals surface area contributed by atoms with E-state index < -0.39 is 6.10 Å². The molecular formula is C17H26O4. The zero-order chi connectivity index (χ0) is 15.4. The monoisotopic (exact) mass is 294 g/mol. The average molecular weight is 294 g/mol. The van der Waals surface area contributed by atoms with Crippen LogP contribution in [0, 0.1) is 0 Å². The molecule has 0 saturated carbocycles. The van der Waals surface area contributed by atoms with Gasteiger partial charge in [-0.15, -0.1) is 0 Å². The van der Waals surface area contributed by atoms with E-state index in [9.17, 15) is 5.11 Å². The smallest absolute Gasteiger partial charge is 0.124 e. The third-order valence-electron chi connectivity index (χ3n) is 3.92. The molecule has 1 aromatic carbocycles. The molecule has 1 N–H and O–H groups in total. The highest BCUT2D eigenvalue weighted by molar-refractivity contribution is 5.37. The van der Waals surface area contributed by atoms with E-state index in [1.54, 1.807) is 14.0 Å². The standard InChI is InChI=1S/C17H26O4/c1-11-7-16(8-12(2)21-11)20-10-15-9-14(13(3)18)5-6-17(15)19-4/h5-6,9,11-13,16,18H,7-8,10H2,1-4H3. The van der Waals surface area contributed by atoms with Gasteiger partial charge >= 0.3 is 0 Å². The summed E-state index contributed by atoms with van der Waals surface area (Å²) in [5, 5.41) is 9.70. The molecule has 3 unspecified atom stereocenters. The molecule has 118 valence electrons. The Hall–Kier alpha value is -1.10. The molecule has 1 heterocycles. The number of aliphatic hydroxyl groups excluding tert-OH is 1. The van der Waals surface area contributed by atoms with Gasteiger partial charge in [-0.3, -0.25) is 0 Å². The molecule has 0 amide bonds. The normalized spacial score (nSPS) is 27.4. The first-order chi connectivity index (χ1) is 9.99. The van der Waals surface area contributed by atoms with Crippen molar-refractivity contribution < 1.29 is 19.3 Å². The highest BCUT2D eigenvalue weighted by atomic mass is 16.5. The summed E-state index contributed by atoms with van der Waals surface area (Å²) in [7, 11) is 1.65. The van der Waals surface area contributed by atoms with Crippen molar-refractivity contribution in [3.63, 3.8) is 0 Å². The predicted molar refractivity (Wildman–Crippen MR) is 81.4 cm³/mol. The van der Waals surface area contributed by atoms with Crippen LogP contribution in [0.4, 0.5) is 0 Å². The van der Waals surface area contributed by atoms with Crippen LogP contribution in [0.25, 0.3) is 0 Å². The van der Waals surface area contributed by atoms with Gasteiger partial charge in [0.1, 0.15) is 5.75 Å². The van der Waals surface area contributed by atoms with Crippen LogP contribution in [0.2, 0.25) is 0 Å². The lowest BCUT2D eigenvalue weighted by atomic mass is 10.0. The fourth-order valence-corrected chi connectivity index (χ4v) is 2.86. The largest absolute Gasteiger partial charge is 0.496 e. The number of methoxy groups -OCH3 is 1. The number of hydrogen-bond donors (Lipinski definition) is 1. The topological polar surface area (TPSA) is 47.9 Å². The summed E-state index contributed by atoms with van der Waals surface area (Å²) in [6.45, 7) is 6.42. The number of rotatable bonds is 5. The first kappa shape index (κ1) is 16.3. The molecule has 1 aliphatic heterocycles. The third kappa shape index (κ3) is 4.43. The molecule has 0 aliphatic carbocycles. The van der Waals surface area contributed by atoms with Crippen molar-refractivity contribution in [2.45, 2.75) is 64.6 Å². The molecule has 1 aromatic rings. The Morgan fingerprint density at radius 3 is 2.52 bits per heavy atom. The van der Waals surface area contributed by atoms with Crippen LogP contribution in [0.15, 0.2) is 18.2 Å². The van der Waals surface area contributed by atoms with E-state index in [4.69, 9.17) is 14.2 Å². The maximum absolute atomic E-state index is 9.70. The second-order valence-electron chi connectivity index (χ2n) is 5.91. The van der Waals surface area contributed by atoms with Crippen LogP contribution in [-0.2, 0) is 16.1 Å². The van der Waals surface area contributed by atoms with Crippen LogP contribution in [0.1, 0.15) is 50.8 Å². The summed E-state index contributed by atoms with van der Waals surface area (Å²) in [5.74, 6) is 0.799. The van der Waals surface area contributed by atoms with Crippen molar-refractivity contribution in [3.8, 4) is 5.75 Å². The van der Waals surface area contributed by atoms with Gasteiger partial charge in [-0.25, -0.2) is 0 Å². The zero-order valence-corrected chi connectivity index (χ0v) is 13.3. The predicted octanol–water partition coefficient (Wildman–Crippen LogP) is 3.22. The lowest BCUT2D eigenvalue weighted by Crippen LogP contribution is -2.34. The first-order valence-electron chi connectivity index (χ1n) is 7.61. The van der Waals surface area contributed by atoms with E-state index in [1.165, 1.54) is 0 Å². The lowest BCUT2D eigenvalue weighted by molar-refractivity contribution is -0.106. The Morgan fingerprint density at radius 2 is 1.95 bits per heavy atom. The summed E-state index contributed by atoms with van der Waals surface area (Å²) < 4.78 is 17.1. The molecule has 0 radical (unpaired) electrons. The first-order valence-corrected chi connectivity index (χ1v) is 7.61. The zero-order valence-electron chi connectivity index (χ0n) is 13.3. The van der Waals surface area contributed by atoms with Gasteiger partial charge in [0.25, 0.3) is 0 Å². The molecule has 1 saturated heterocycles. The molecular weight excluding hydrogens is 268 g/mol. The van der Waals surface area contributed by atoms with Crippen LogP contribution in [0.3, 0.4) is 0 Å². The van der Waals surface area contributed by atoms with E-state index >= 15 is 0 Å². The minimum absolute atomic E-state index is 0.212. The number of aliphatic hydroxyl groups is 1. The van der Waals surface area contributed by atoms with Crippen molar-refractivity contribution in [1.82, 2.24) is 0 Å². The van der Waals surface area contributed by atoms with Crippen LogP contribution in [-0.4, -0.2) is 30.5 Å². The summed E-state index contributed by atoms with van der Waals surface area (Å²) in [4.78, 5) is 0. The van der Waals surface area contributed by atoms with Gasteiger partial charge in [0.2, 0.25) is 0 Å². The van der Waals surface area contributed by atoms with Crippen LogP contribution >= 0.6 is 0 Å². The highest BCUT2D eigenvalue weighted by Gasteiger charge is 2.25. The van der Waals surface area contributed by atoms with Crippen molar-refractivity contribution in [2.75, 3.05) is 7.11 Å². The van der Waals surface area contributed by atoms with Gasteiger partial charge in [0, 0.05) is 5.56 Å². The highest BCUT2D eigenvalue weighted by Crippen LogP contribution is 2.27. The lowest BCUT2D eigenvalue weighted by Gasteiger charge is -2.32. The quantitative estimate of drug-likeness (QED) is 0.906. The Labute approximate surface area is 127 Å². The fourth-order valence-electron chi connectivity index (χ4n) is 2.86. The molecule has 3 atom stereocenters. The Bertz CT molecular complexity index is 448.